The minimum atomic E-state index is 0.398. The van der Waals surface area contributed by atoms with Gasteiger partial charge in [-0.25, -0.2) is 0 Å². The smallest absolute Gasteiger partial charge is 0.161 e. The van der Waals surface area contributed by atoms with Gasteiger partial charge in [0.25, 0.3) is 0 Å². The van der Waals surface area contributed by atoms with Gasteiger partial charge in [0.2, 0.25) is 0 Å². The van der Waals surface area contributed by atoms with Crippen LogP contribution in [-0.4, -0.2) is 13.2 Å². The third-order valence-corrected chi connectivity index (χ3v) is 2.69. The summed E-state index contributed by atoms with van der Waals surface area (Å²) in [6.45, 7) is 5.49. The predicted octanol–water partition coefficient (Wildman–Crippen LogP) is 3.20. The van der Waals surface area contributed by atoms with E-state index in [-0.39, 0.29) is 0 Å². The van der Waals surface area contributed by atoms with Gasteiger partial charge in [-0.15, -0.1) is 0 Å². The molecule has 0 aliphatic carbocycles. The summed E-state index contributed by atoms with van der Waals surface area (Å²) in [5.74, 6) is 3.03. The zero-order valence-corrected chi connectivity index (χ0v) is 11.3. The fraction of sp³-hybridized carbons (Fsp3) is 0.333. The molecule has 4 heteroatoms. The Balaban J connectivity index is 2.33. The first-order valence-corrected chi connectivity index (χ1v) is 6.47. The molecule has 0 spiro atoms. The summed E-state index contributed by atoms with van der Waals surface area (Å²) < 4.78 is 16.8. The number of hydrogen-bond acceptors (Lipinski definition) is 4. The van der Waals surface area contributed by atoms with Gasteiger partial charge in [0.1, 0.15) is 11.5 Å². The normalized spacial score (nSPS) is 10.5. The maximum Gasteiger partial charge on any atom is 0.161 e. The van der Waals surface area contributed by atoms with Crippen LogP contribution in [0.4, 0.5) is 0 Å². The van der Waals surface area contributed by atoms with Gasteiger partial charge < -0.3 is 19.6 Å². The lowest BCUT2D eigenvalue weighted by Gasteiger charge is -2.11. The van der Waals surface area contributed by atoms with Crippen LogP contribution in [0.1, 0.15) is 19.6 Å². The molecule has 0 saturated carbocycles. The summed E-state index contributed by atoms with van der Waals surface area (Å²) in [5, 5.41) is 0. The van der Waals surface area contributed by atoms with Gasteiger partial charge in [-0.2, -0.15) is 0 Å². The quantitative estimate of drug-likeness (QED) is 0.867. The molecule has 19 heavy (non-hydrogen) atoms. The summed E-state index contributed by atoms with van der Waals surface area (Å²) >= 11 is 0. The maximum atomic E-state index is 5.63. The second kappa shape index (κ2) is 6.29. The van der Waals surface area contributed by atoms with Crippen LogP contribution in [0.3, 0.4) is 0 Å². The van der Waals surface area contributed by atoms with Crippen LogP contribution >= 0.6 is 0 Å². The maximum absolute atomic E-state index is 5.63. The Morgan fingerprint density at radius 1 is 1.00 bits per heavy atom. The molecule has 1 aromatic heterocycles. The molecule has 0 amide bonds. The van der Waals surface area contributed by atoms with E-state index < -0.39 is 0 Å². The van der Waals surface area contributed by atoms with E-state index in [4.69, 9.17) is 19.6 Å². The molecule has 2 N–H and O–H groups in total. The van der Waals surface area contributed by atoms with Gasteiger partial charge in [0, 0.05) is 5.56 Å². The lowest BCUT2D eigenvalue weighted by Crippen LogP contribution is -1.98. The second-order valence-electron chi connectivity index (χ2n) is 4.00. The molecule has 0 fully saturated rings. The highest BCUT2D eigenvalue weighted by molar-refractivity contribution is 5.62. The minimum absolute atomic E-state index is 0.398. The van der Waals surface area contributed by atoms with E-state index in [9.17, 15) is 0 Å². The van der Waals surface area contributed by atoms with Crippen molar-refractivity contribution in [1.29, 1.82) is 0 Å². The molecule has 1 aromatic carbocycles. The molecule has 0 atom stereocenters. The van der Waals surface area contributed by atoms with Crippen molar-refractivity contribution >= 4 is 0 Å². The Hall–Kier alpha value is -1.94. The molecule has 1 heterocycles. The first-order valence-electron chi connectivity index (χ1n) is 6.47. The van der Waals surface area contributed by atoms with Gasteiger partial charge in [0.05, 0.1) is 19.8 Å². The third-order valence-electron chi connectivity index (χ3n) is 2.69. The summed E-state index contributed by atoms with van der Waals surface area (Å²) in [4.78, 5) is 0. The van der Waals surface area contributed by atoms with Crippen LogP contribution in [0.5, 0.6) is 11.5 Å². The van der Waals surface area contributed by atoms with Crippen LogP contribution in [0, 0.1) is 0 Å². The zero-order valence-electron chi connectivity index (χ0n) is 11.3. The van der Waals surface area contributed by atoms with Gasteiger partial charge in [-0.1, -0.05) is 0 Å². The van der Waals surface area contributed by atoms with Crippen molar-refractivity contribution in [2.45, 2.75) is 20.4 Å². The average Bonchev–Trinajstić information content (AvgIpc) is 2.90. The molecule has 2 rings (SSSR count). The molecule has 0 saturated heterocycles. The Bertz CT molecular complexity index is 534. The van der Waals surface area contributed by atoms with Crippen molar-refractivity contribution < 1.29 is 13.9 Å². The van der Waals surface area contributed by atoms with Gasteiger partial charge >= 0.3 is 0 Å². The van der Waals surface area contributed by atoms with Crippen molar-refractivity contribution in [3.63, 3.8) is 0 Å². The molecule has 0 unspecified atom stereocenters. The molecule has 0 aliphatic heterocycles. The summed E-state index contributed by atoms with van der Waals surface area (Å²) in [6, 6.07) is 9.56. The first-order chi connectivity index (χ1) is 9.28. The molecule has 0 radical (unpaired) electrons. The third kappa shape index (κ3) is 3.09. The molecular weight excluding hydrogens is 242 g/mol. The Kier molecular flexibility index (Phi) is 4.47. The van der Waals surface area contributed by atoms with Crippen molar-refractivity contribution in [3.05, 3.63) is 36.1 Å². The van der Waals surface area contributed by atoms with Gasteiger partial charge in [-0.3, -0.25) is 0 Å². The monoisotopic (exact) mass is 261 g/mol. The largest absolute Gasteiger partial charge is 0.490 e. The van der Waals surface area contributed by atoms with E-state index in [1.165, 1.54) is 0 Å². The van der Waals surface area contributed by atoms with Crippen molar-refractivity contribution in [1.82, 2.24) is 0 Å². The zero-order chi connectivity index (χ0) is 13.7. The highest BCUT2D eigenvalue weighted by Crippen LogP contribution is 2.33. The Morgan fingerprint density at radius 3 is 2.37 bits per heavy atom. The van der Waals surface area contributed by atoms with E-state index in [1.807, 2.05) is 44.2 Å². The standard InChI is InChI=1S/C15H19NO3/c1-3-17-14-7-5-11(9-15(14)18-4-2)13-8-6-12(10-16)19-13/h5-9H,3-4,10,16H2,1-2H3. The minimum Gasteiger partial charge on any atom is -0.490 e. The van der Waals surface area contributed by atoms with Gasteiger partial charge in [-0.05, 0) is 44.2 Å². The van der Waals surface area contributed by atoms with Crippen molar-refractivity contribution in [2.24, 2.45) is 5.73 Å². The predicted molar refractivity (Wildman–Crippen MR) is 74.4 cm³/mol. The number of nitrogens with two attached hydrogens (primary N) is 1. The fourth-order valence-electron chi connectivity index (χ4n) is 1.85. The first kappa shape index (κ1) is 13.5. The highest BCUT2D eigenvalue weighted by atomic mass is 16.5. The SMILES string of the molecule is CCOc1ccc(-c2ccc(CN)o2)cc1OCC. The van der Waals surface area contributed by atoms with E-state index in [1.54, 1.807) is 0 Å². The average molecular weight is 261 g/mol. The number of hydrogen-bond donors (Lipinski definition) is 1. The van der Waals surface area contributed by atoms with E-state index in [2.05, 4.69) is 0 Å². The number of benzene rings is 1. The van der Waals surface area contributed by atoms with Crippen LogP contribution in [0.15, 0.2) is 34.7 Å². The molecule has 2 aromatic rings. The number of rotatable bonds is 6. The summed E-state index contributed by atoms with van der Waals surface area (Å²) in [7, 11) is 0. The number of ether oxygens (including phenoxy) is 2. The lowest BCUT2D eigenvalue weighted by molar-refractivity contribution is 0.288. The summed E-state index contributed by atoms with van der Waals surface area (Å²) in [5.41, 5.74) is 6.49. The van der Waals surface area contributed by atoms with Gasteiger partial charge in [0.15, 0.2) is 11.5 Å². The second-order valence-corrected chi connectivity index (χ2v) is 4.00. The van der Waals surface area contributed by atoms with E-state index in [0.29, 0.717) is 19.8 Å². The van der Waals surface area contributed by atoms with Crippen LogP contribution in [0.25, 0.3) is 11.3 Å². The molecule has 4 nitrogen and oxygen atoms in total. The lowest BCUT2D eigenvalue weighted by atomic mass is 10.1. The molecule has 102 valence electrons. The molecular formula is C15H19NO3. The highest BCUT2D eigenvalue weighted by Gasteiger charge is 2.10. The fourth-order valence-corrected chi connectivity index (χ4v) is 1.85. The van der Waals surface area contributed by atoms with Crippen LogP contribution in [-0.2, 0) is 6.54 Å². The van der Waals surface area contributed by atoms with Crippen LogP contribution < -0.4 is 15.2 Å². The van der Waals surface area contributed by atoms with Crippen molar-refractivity contribution in [2.75, 3.05) is 13.2 Å². The molecule has 0 aliphatic rings. The number of furan rings is 1. The van der Waals surface area contributed by atoms with Crippen molar-refractivity contribution in [3.8, 4) is 22.8 Å². The van der Waals surface area contributed by atoms with E-state index >= 15 is 0 Å². The van der Waals surface area contributed by atoms with Crippen LogP contribution in [0.2, 0.25) is 0 Å². The van der Waals surface area contributed by atoms with E-state index in [0.717, 1.165) is 28.6 Å². The topological polar surface area (TPSA) is 57.6 Å². The Labute approximate surface area is 113 Å². The molecule has 0 bridgehead atoms. The Morgan fingerprint density at radius 2 is 1.74 bits per heavy atom. The summed E-state index contributed by atoms with van der Waals surface area (Å²) in [6.07, 6.45) is 0.